The van der Waals surface area contributed by atoms with E-state index in [0.29, 0.717) is 11.7 Å². The number of ether oxygens (including phenoxy) is 1. The average Bonchev–Trinajstić information content (AvgIpc) is 2.96. The topological polar surface area (TPSA) is 89.6 Å². The zero-order chi connectivity index (χ0) is 17.6. The fraction of sp³-hybridized carbons (Fsp3) is 0.167. The van der Waals surface area contributed by atoms with Crippen LogP contribution in [-0.2, 0) is 11.2 Å². The molecule has 0 unspecified atom stereocenters. The molecule has 0 fully saturated rings. The number of hydrogen-bond acceptors (Lipinski definition) is 6. The number of benzene rings is 2. The van der Waals surface area contributed by atoms with Crippen LogP contribution in [0.1, 0.15) is 18.1 Å². The van der Waals surface area contributed by atoms with Gasteiger partial charge in [0.25, 0.3) is 0 Å². The van der Waals surface area contributed by atoms with Crippen LogP contribution in [0, 0.1) is 0 Å². The number of nitrogens with zero attached hydrogens (tertiary/aromatic N) is 2. The van der Waals surface area contributed by atoms with Crippen molar-refractivity contribution in [2.45, 2.75) is 13.3 Å². The molecule has 3 aromatic rings. The number of anilines is 1. The van der Waals surface area contributed by atoms with E-state index in [0.717, 1.165) is 27.1 Å². The van der Waals surface area contributed by atoms with Crippen LogP contribution in [0.15, 0.2) is 47.6 Å². The number of nitrogens with two attached hydrogens (primary N) is 1. The summed E-state index contributed by atoms with van der Waals surface area (Å²) >= 11 is 1.41. The van der Waals surface area contributed by atoms with Crippen molar-refractivity contribution in [2.75, 3.05) is 12.3 Å². The van der Waals surface area contributed by atoms with Crippen molar-refractivity contribution >= 4 is 38.8 Å². The number of para-hydroxylation sites is 1. The van der Waals surface area contributed by atoms with Gasteiger partial charge in [0, 0.05) is 5.56 Å². The first-order valence-corrected chi connectivity index (χ1v) is 8.66. The van der Waals surface area contributed by atoms with Gasteiger partial charge in [-0.3, -0.25) is 4.79 Å². The van der Waals surface area contributed by atoms with E-state index in [1.54, 1.807) is 6.21 Å². The Bertz CT molecular complexity index is 920. The van der Waals surface area contributed by atoms with Crippen LogP contribution in [0.5, 0.6) is 5.75 Å². The van der Waals surface area contributed by atoms with Crippen molar-refractivity contribution in [3.63, 3.8) is 0 Å². The summed E-state index contributed by atoms with van der Waals surface area (Å²) < 4.78 is 6.48. The second kappa shape index (κ2) is 7.76. The molecular formula is C18H18N4O2S. The Kier molecular flexibility index (Phi) is 5.25. The van der Waals surface area contributed by atoms with E-state index in [2.05, 4.69) is 15.5 Å². The summed E-state index contributed by atoms with van der Waals surface area (Å²) in [6, 6.07) is 13.2. The van der Waals surface area contributed by atoms with E-state index in [1.807, 2.05) is 49.4 Å². The van der Waals surface area contributed by atoms with Gasteiger partial charge in [0.1, 0.15) is 5.75 Å². The standard InChI is InChI=1S/C18H18N4O2S/c1-2-24-15-6-4-3-5-13(15)11-20-22-17(23)10-12-7-8-14-16(9-12)25-18(19)21-14/h3-9,11H,2,10H2,1H3,(H2,19,21)(H,22,23)/b20-11-. The fourth-order valence-corrected chi connectivity index (χ4v) is 3.17. The molecule has 0 saturated heterocycles. The molecule has 1 amide bonds. The van der Waals surface area contributed by atoms with Gasteiger partial charge >= 0.3 is 0 Å². The molecule has 1 heterocycles. The lowest BCUT2D eigenvalue weighted by molar-refractivity contribution is -0.120. The summed E-state index contributed by atoms with van der Waals surface area (Å²) in [6.07, 6.45) is 1.81. The largest absolute Gasteiger partial charge is 0.493 e. The lowest BCUT2D eigenvalue weighted by Crippen LogP contribution is -2.19. The van der Waals surface area contributed by atoms with E-state index < -0.39 is 0 Å². The number of hydrazone groups is 1. The average molecular weight is 354 g/mol. The lowest BCUT2D eigenvalue weighted by Gasteiger charge is -2.06. The molecule has 0 aliphatic carbocycles. The van der Waals surface area contributed by atoms with Gasteiger partial charge in [0.05, 0.1) is 29.5 Å². The highest BCUT2D eigenvalue weighted by atomic mass is 32.1. The maximum atomic E-state index is 12.1. The van der Waals surface area contributed by atoms with E-state index in [4.69, 9.17) is 10.5 Å². The predicted molar refractivity (Wildman–Crippen MR) is 101 cm³/mol. The summed E-state index contributed by atoms with van der Waals surface area (Å²) in [7, 11) is 0. The lowest BCUT2D eigenvalue weighted by atomic mass is 10.1. The molecule has 7 heteroatoms. The van der Waals surface area contributed by atoms with Crippen LogP contribution in [-0.4, -0.2) is 23.7 Å². The van der Waals surface area contributed by atoms with E-state index in [1.165, 1.54) is 11.3 Å². The van der Waals surface area contributed by atoms with Crippen LogP contribution >= 0.6 is 11.3 Å². The highest BCUT2D eigenvalue weighted by molar-refractivity contribution is 7.22. The van der Waals surface area contributed by atoms with Gasteiger partial charge < -0.3 is 10.5 Å². The third-order valence-corrected chi connectivity index (χ3v) is 4.29. The predicted octanol–water partition coefficient (Wildman–Crippen LogP) is 2.97. The molecular weight excluding hydrogens is 336 g/mol. The van der Waals surface area contributed by atoms with Crippen molar-refractivity contribution in [3.8, 4) is 5.75 Å². The summed E-state index contributed by atoms with van der Waals surface area (Å²) in [5.41, 5.74) is 10.8. The Labute approximate surface area is 149 Å². The summed E-state index contributed by atoms with van der Waals surface area (Å²) in [6.45, 7) is 2.49. The van der Waals surface area contributed by atoms with Crippen LogP contribution in [0.3, 0.4) is 0 Å². The van der Waals surface area contributed by atoms with E-state index in [-0.39, 0.29) is 12.3 Å². The molecule has 128 valence electrons. The smallest absolute Gasteiger partial charge is 0.244 e. The third-order valence-electron chi connectivity index (χ3n) is 3.45. The van der Waals surface area contributed by atoms with Crippen LogP contribution in [0.2, 0.25) is 0 Å². The molecule has 3 N–H and O–H groups in total. The quantitative estimate of drug-likeness (QED) is 0.526. The van der Waals surface area contributed by atoms with Gasteiger partial charge in [-0.1, -0.05) is 29.5 Å². The Morgan fingerprint density at radius 1 is 1.36 bits per heavy atom. The number of hydrogen-bond donors (Lipinski definition) is 2. The monoisotopic (exact) mass is 354 g/mol. The molecule has 0 aliphatic rings. The van der Waals surface area contributed by atoms with E-state index in [9.17, 15) is 4.79 Å². The minimum absolute atomic E-state index is 0.193. The first-order valence-electron chi connectivity index (χ1n) is 7.84. The zero-order valence-electron chi connectivity index (χ0n) is 13.7. The minimum atomic E-state index is -0.193. The van der Waals surface area contributed by atoms with E-state index >= 15 is 0 Å². The van der Waals surface area contributed by atoms with Gasteiger partial charge in [0.2, 0.25) is 5.91 Å². The zero-order valence-corrected chi connectivity index (χ0v) is 14.5. The normalized spacial score (nSPS) is 11.1. The number of carbonyl (C=O) groups excluding carboxylic acids is 1. The number of rotatable bonds is 6. The Balaban J connectivity index is 1.62. The molecule has 1 aromatic heterocycles. The van der Waals surface area contributed by atoms with Gasteiger partial charge in [0.15, 0.2) is 5.13 Å². The number of amides is 1. The molecule has 0 saturated carbocycles. The van der Waals surface area contributed by atoms with Crippen molar-refractivity contribution in [1.29, 1.82) is 0 Å². The van der Waals surface area contributed by atoms with Crippen molar-refractivity contribution in [1.82, 2.24) is 10.4 Å². The molecule has 0 radical (unpaired) electrons. The molecule has 0 atom stereocenters. The highest BCUT2D eigenvalue weighted by Gasteiger charge is 2.06. The number of carbonyl (C=O) groups is 1. The summed E-state index contributed by atoms with van der Waals surface area (Å²) in [5.74, 6) is 0.540. The van der Waals surface area contributed by atoms with Gasteiger partial charge in [-0.05, 0) is 36.8 Å². The summed E-state index contributed by atoms with van der Waals surface area (Å²) in [4.78, 5) is 16.3. The SMILES string of the molecule is CCOc1ccccc1/C=N\NC(=O)Cc1ccc2nc(N)sc2c1. The number of thiazole rings is 1. The number of fused-ring (bicyclic) bond motifs is 1. The molecule has 0 bridgehead atoms. The molecule has 0 aliphatic heterocycles. The van der Waals surface area contributed by atoms with Gasteiger partial charge in [-0.25, -0.2) is 10.4 Å². The molecule has 0 spiro atoms. The third kappa shape index (κ3) is 4.33. The molecule has 2 aromatic carbocycles. The molecule has 6 nitrogen and oxygen atoms in total. The summed E-state index contributed by atoms with van der Waals surface area (Å²) in [5, 5.41) is 4.54. The maximum absolute atomic E-state index is 12.1. The number of nitrogen functional groups attached to an aromatic ring is 1. The first kappa shape index (κ1) is 16.9. The van der Waals surface area contributed by atoms with Crippen LogP contribution < -0.4 is 15.9 Å². The second-order valence-electron chi connectivity index (χ2n) is 5.29. The van der Waals surface area contributed by atoms with Gasteiger partial charge in [-0.2, -0.15) is 5.10 Å². The van der Waals surface area contributed by atoms with Crippen LogP contribution in [0.4, 0.5) is 5.13 Å². The molecule has 25 heavy (non-hydrogen) atoms. The van der Waals surface area contributed by atoms with Crippen LogP contribution in [0.25, 0.3) is 10.2 Å². The van der Waals surface area contributed by atoms with Crippen molar-refractivity contribution in [2.24, 2.45) is 5.10 Å². The van der Waals surface area contributed by atoms with Crippen molar-refractivity contribution < 1.29 is 9.53 Å². The van der Waals surface area contributed by atoms with Gasteiger partial charge in [-0.15, -0.1) is 0 Å². The Morgan fingerprint density at radius 3 is 3.04 bits per heavy atom. The Morgan fingerprint density at radius 2 is 2.20 bits per heavy atom. The number of nitrogens with one attached hydrogen (secondary N) is 1. The second-order valence-corrected chi connectivity index (χ2v) is 6.36. The molecule has 3 rings (SSSR count). The first-order chi connectivity index (χ1) is 12.2. The van der Waals surface area contributed by atoms with Crippen molar-refractivity contribution in [3.05, 3.63) is 53.6 Å². The fourth-order valence-electron chi connectivity index (χ4n) is 2.37. The minimum Gasteiger partial charge on any atom is -0.493 e. The Hall–Kier alpha value is -2.93. The number of aromatic nitrogens is 1. The maximum Gasteiger partial charge on any atom is 0.244 e. The highest BCUT2D eigenvalue weighted by Crippen LogP contribution is 2.24.